The van der Waals surface area contributed by atoms with Crippen LogP contribution in [0.3, 0.4) is 0 Å². The zero-order valence-electron chi connectivity index (χ0n) is 15.6. The number of urea groups is 1. The topological polar surface area (TPSA) is 84.9 Å². The zero-order chi connectivity index (χ0) is 20.1. The summed E-state index contributed by atoms with van der Waals surface area (Å²) in [6, 6.07) is 12.7. The number of imide groups is 2. The van der Waals surface area contributed by atoms with E-state index in [9.17, 15) is 14.4 Å². The number of carbonyl (C=O) groups excluding carboxylic acids is 3. The van der Waals surface area contributed by atoms with E-state index in [1.807, 2.05) is 13.8 Å². The molecule has 0 unspecified atom stereocenters. The SMILES string of the molecule is CCOc1ccc(/C=C2\C(=O)NC(=O)N(c3ccc(OCC)cc3)C2=O)cc1. The standard InChI is InChI=1S/C21H20N2O5/c1-3-27-16-9-5-14(6-10-16)13-18-19(24)22-21(26)23(20(18)25)15-7-11-17(12-8-15)28-4-2/h5-13H,3-4H2,1-2H3,(H,22,24,26)/b18-13+. The molecule has 0 aliphatic carbocycles. The molecule has 1 aliphatic rings. The van der Waals surface area contributed by atoms with E-state index in [2.05, 4.69) is 5.32 Å². The molecule has 1 fully saturated rings. The summed E-state index contributed by atoms with van der Waals surface area (Å²) in [5, 5.41) is 2.20. The lowest BCUT2D eigenvalue weighted by Crippen LogP contribution is -2.54. The van der Waals surface area contributed by atoms with Crippen molar-refractivity contribution in [1.29, 1.82) is 0 Å². The summed E-state index contributed by atoms with van der Waals surface area (Å²) in [4.78, 5) is 38.2. The van der Waals surface area contributed by atoms with Gasteiger partial charge in [-0.3, -0.25) is 14.9 Å². The number of anilines is 1. The summed E-state index contributed by atoms with van der Waals surface area (Å²) in [7, 11) is 0. The number of ether oxygens (including phenoxy) is 2. The van der Waals surface area contributed by atoms with Crippen LogP contribution in [0.5, 0.6) is 11.5 Å². The fraction of sp³-hybridized carbons (Fsp3) is 0.190. The van der Waals surface area contributed by atoms with E-state index >= 15 is 0 Å². The summed E-state index contributed by atoms with van der Waals surface area (Å²) < 4.78 is 10.7. The second kappa shape index (κ2) is 8.39. The van der Waals surface area contributed by atoms with E-state index in [4.69, 9.17) is 9.47 Å². The molecule has 7 heteroatoms. The van der Waals surface area contributed by atoms with Gasteiger partial charge < -0.3 is 9.47 Å². The summed E-state index contributed by atoms with van der Waals surface area (Å²) in [6.07, 6.45) is 1.45. The molecule has 144 valence electrons. The van der Waals surface area contributed by atoms with Crippen LogP contribution in [0.15, 0.2) is 54.1 Å². The van der Waals surface area contributed by atoms with Gasteiger partial charge in [-0.2, -0.15) is 0 Å². The average Bonchev–Trinajstić information content (AvgIpc) is 2.68. The first-order valence-corrected chi connectivity index (χ1v) is 8.90. The Labute approximate surface area is 162 Å². The number of hydrogen-bond acceptors (Lipinski definition) is 5. The maximum absolute atomic E-state index is 12.9. The third-order valence-corrected chi connectivity index (χ3v) is 4.01. The highest BCUT2D eigenvalue weighted by Gasteiger charge is 2.36. The van der Waals surface area contributed by atoms with Crippen LogP contribution in [0, 0.1) is 0 Å². The van der Waals surface area contributed by atoms with Crippen LogP contribution in [0.25, 0.3) is 6.08 Å². The third kappa shape index (κ3) is 4.03. The number of carbonyl (C=O) groups is 3. The van der Waals surface area contributed by atoms with Gasteiger partial charge in [0.1, 0.15) is 17.1 Å². The molecule has 1 saturated heterocycles. The summed E-state index contributed by atoms with van der Waals surface area (Å²) in [6.45, 7) is 4.79. The van der Waals surface area contributed by atoms with Crippen molar-refractivity contribution in [3.63, 3.8) is 0 Å². The largest absolute Gasteiger partial charge is 0.494 e. The maximum atomic E-state index is 12.9. The minimum absolute atomic E-state index is 0.127. The maximum Gasteiger partial charge on any atom is 0.335 e. The van der Waals surface area contributed by atoms with Crippen molar-refractivity contribution in [3.05, 3.63) is 59.7 Å². The van der Waals surface area contributed by atoms with Crippen molar-refractivity contribution in [2.75, 3.05) is 18.1 Å². The molecular formula is C21H20N2O5. The fourth-order valence-electron chi connectivity index (χ4n) is 2.74. The second-order valence-electron chi connectivity index (χ2n) is 5.89. The Morgan fingerprint density at radius 3 is 1.93 bits per heavy atom. The number of hydrogen-bond donors (Lipinski definition) is 1. The molecule has 0 saturated carbocycles. The molecule has 0 atom stereocenters. The smallest absolute Gasteiger partial charge is 0.335 e. The molecule has 28 heavy (non-hydrogen) atoms. The molecule has 4 amide bonds. The van der Waals surface area contributed by atoms with E-state index < -0.39 is 17.8 Å². The van der Waals surface area contributed by atoms with E-state index in [0.717, 1.165) is 4.90 Å². The van der Waals surface area contributed by atoms with Crippen molar-refractivity contribution in [1.82, 2.24) is 5.32 Å². The molecule has 0 aromatic heterocycles. The predicted molar refractivity (Wildman–Crippen MR) is 104 cm³/mol. The second-order valence-corrected chi connectivity index (χ2v) is 5.89. The lowest BCUT2D eigenvalue weighted by atomic mass is 10.1. The Morgan fingerprint density at radius 2 is 1.39 bits per heavy atom. The van der Waals surface area contributed by atoms with Crippen molar-refractivity contribution >= 4 is 29.6 Å². The molecule has 1 N–H and O–H groups in total. The Hall–Kier alpha value is -3.61. The molecule has 0 radical (unpaired) electrons. The van der Waals surface area contributed by atoms with Crippen LogP contribution in [-0.4, -0.2) is 31.1 Å². The Kier molecular flexibility index (Phi) is 5.74. The molecule has 2 aromatic carbocycles. The van der Waals surface area contributed by atoms with Crippen molar-refractivity contribution in [3.8, 4) is 11.5 Å². The van der Waals surface area contributed by atoms with Gasteiger partial charge in [0.25, 0.3) is 11.8 Å². The number of nitrogens with zero attached hydrogens (tertiary/aromatic N) is 1. The van der Waals surface area contributed by atoms with Crippen molar-refractivity contribution in [2.45, 2.75) is 13.8 Å². The van der Waals surface area contributed by atoms with E-state index in [1.165, 1.54) is 6.08 Å². The monoisotopic (exact) mass is 380 g/mol. The van der Waals surface area contributed by atoms with Crippen LogP contribution in [-0.2, 0) is 9.59 Å². The molecule has 0 bridgehead atoms. The minimum Gasteiger partial charge on any atom is -0.494 e. The van der Waals surface area contributed by atoms with Gasteiger partial charge in [-0.25, -0.2) is 9.69 Å². The number of rotatable bonds is 6. The third-order valence-electron chi connectivity index (χ3n) is 4.01. The molecule has 7 nitrogen and oxygen atoms in total. The number of benzene rings is 2. The van der Waals surface area contributed by atoms with E-state index in [0.29, 0.717) is 36.0 Å². The quantitative estimate of drug-likeness (QED) is 0.615. The van der Waals surface area contributed by atoms with Crippen LogP contribution in [0.1, 0.15) is 19.4 Å². The summed E-state index contributed by atoms with van der Waals surface area (Å²) in [5.74, 6) is -0.106. The summed E-state index contributed by atoms with van der Waals surface area (Å²) >= 11 is 0. The average molecular weight is 380 g/mol. The molecule has 3 rings (SSSR count). The molecular weight excluding hydrogens is 360 g/mol. The van der Waals surface area contributed by atoms with Crippen LogP contribution in [0.4, 0.5) is 10.5 Å². The first-order chi connectivity index (χ1) is 13.5. The van der Waals surface area contributed by atoms with Crippen LogP contribution in [0.2, 0.25) is 0 Å². The summed E-state index contributed by atoms with van der Waals surface area (Å²) in [5.41, 5.74) is 0.858. The highest BCUT2D eigenvalue weighted by atomic mass is 16.5. The predicted octanol–water partition coefficient (Wildman–Crippen LogP) is 3.15. The number of barbiturate groups is 1. The normalized spacial score (nSPS) is 15.6. The van der Waals surface area contributed by atoms with Gasteiger partial charge in [0.2, 0.25) is 0 Å². The Balaban J connectivity index is 1.89. The molecule has 2 aromatic rings. The first-order valence-electron chi connectivity index (χ1n) is 8.90. The molecule has 1 aliphatic heterocycles. The van der Waals surface area contributed by atoms with Gasteiger partial charge in [-0.05, 0) is 61.9 Å². The van der Waals surface area contributed by atoms with Gasteiger partial charge in [-0.1, -0.05) is 12.1 Å². The van der Waals surface area contributed by atoms with Crippen LogP contribution < -0.4 is 19.7 Å². The fourth-order valence-corrected chi connectivity index (χ4v) is 2.74. The Morgan fingerprint density at radius 1 is 0.857 bits per heavy atom. The van der Waals surface area contributed by atoms with Gasteiger partial charge >= 0.3 is 6.03 Å². The van der Waals surface area contributed by atoms with E-state index in [-0.39, 0.29) is 5.57 Å². The van der Waals surface area contributed by atoms with E-state index in [1.54, 1.807) is 48.5 Å². The Bertz CT molecular complexity index is 917. The van der Waals surface area contributed by atoms with Gasteiger partial charge in [-0.15, -0.1) is 0 Å². The first kappa shape index (κ1) is 19.2. The lowest BCUT2D eigenvalue weighted by molar-refractivity contribution is -0.122. The zero-order valence-corrected chi connectivity index (χ0v) is 15.6. The van der Waals surface area contributed by atoms with Crippen LogP contribution >= 0.6 is 0 Å². The number of nitrogens with one attached hydrogen (secondary N) is 1. The van der Waals surface area contributed by atoms with Gasteiger partial charge in [0.05, 0.1) is 18.9 Å². The molecule has 1 heterocycles. The lowest BCUT2D eigenvalue weighted by Gasteiger charge is -2.26. The molecule has 0 spiro atoms. The van der Waals surface area contributed by atoms with Gasteiger partial charge in [0.15, 0.2) is 0 Å². The highest BCUT2D eigenvalue weighted by molar-refractivity contribution is 6.39. The number of amides is 4. The van der Waals surface area contributed by atoms with Crippen molar-refractivity contribution in [2.24, 2.45) is 0 Å². The van der Waals surface area contributed by atoms with Gasteiger partial charge in [0, 0.05) is 0 Å². The van der Waals surface area contributed by atoms with Crippen molar-refractivity contribution < 1.29 is 23.9 Å². The highest BCUT2D eigenvalue weighted by Crippen LogP contribution is 2.24. The minimum atomic E-state index is -0.789.